The molecule has 0 spiro atoms. The molecule has 2 aliphatic heterocycles. The molecule has 0 N–H and O–H groups in total. The van der Waals surface area contributed by atoms with E-state index in [-0.39, 0.29) is 23.9 Å². The van der Waals surface area contributed by atoms with Crippen LogP contribution in [0.4, 0.5) is 0 Å². The fraction of sp³-hybridized carbons (Fsp3) is 0.250. The van der Waals surface area contributed by atoms with Gasteiger partial charge in [-0.05, 0) is 35.7 Å². The molecule has 5 heterocycles. The first-order chi connectivity index (χ1) is 13.2. The van der Waals surface area contributed by atoms with E-state index in [0.717, 1.165) is 5.69 Å². The summed E-state index contributed by atoms with van der Waals surface area (Å²) in [4.78, 5) is 34.1. The van der Waals surface area contributed by atoms with Gasteiger partial charge in [0.15, 0.2) is 0 Å². The maximum Gasteiger partial charge on any atom is 0.271 e. The fourth-order valence-electron chi connectivity index (χ4n) is 4.10. The zero-order chi connectivity index (χ0) is 18.4. The number of fused-ring (bicyclic) bond motifs is 3. The molecular weight excluding hydrogens is 360 g/mol. The molecule has 3 aromatic heterocycles. The highest BCUT2D eigenvalue weighted by atomic mass is 32.1. The van der Waals surface area contributed by atoms with E-state index in [4.69, 9.17) is 0 Å². The van der Waals surface area contributed by atoms with E-state index in [2.05, 4.69) is 4.98 Å². The van der Waals surface area contributed by atoms with Crippen LogP contribution in [0.25, 0.3) is 0 Å². The van der Waals surface area contributed by atoms with E-state index >= 15 is 0 Å². The summed E-state index contributed by atoms with van der Waals surface area (Å²) in [5.41, 5.74) is 2.25. The molecular formula is C20H18N4O2S. The Labute approximate surface area is 160 Å². The SMILES string of the molecule is O=C(c1ccsc1)N1C[C@@H]2[C@H](C1)n1cccc1C(=O)N2Cc1ccccn1. The third-order valence-corrected chi connectivity index (χ3v) is 6.07. The monoisotopic (exact) mass is 378 g/mol. The van der Waals surface area contributed by atoms with Crippen molar-refractivity contribution in [1.29, 1.82) is 0 Å². The summed E-state index contributed by atoms with van der Waals surface area (Å²) < 4.78 is 2.03. The molecule has 0 radical (unpaired) electrons. The minimum Gasteiger partial charge on any atom is -0.337 e. The number of carbonyl (C=O) groups excluding carboxylic acids is 2. The lowest BCUT2D eigenvalue weighted by atomic mass is 10.1. The highest BCUT2D eigenvalue weighted by Crippen LogP contribution is 2.35. The van der Waals surface area contributed by atoms with Crippen LogP contribution in [0.1, 0.15) is 32.6 Å². The Balaban J connectivity index is 1.48. The van der Waals surface area contributed by atoms with Crippen LogP contribution in [0.3, 0.4) is 0 Å². The number of aromatic nitrogens is 2. The first-order valence-corrected chi connectivity index (χ1v) is 9.86. The minimum atomic E-state index is -0.0537. The van der Waals surface area contributed by atoms with Gasteiger partial charge in [-0.1, -0.05) is 6.07 Å². The number of hydrogen-bond donors (Lipinski definition) is 0. The second kappa shape index (κ2) is 6.35. The topological polar surface area (TPSA) is 58.4 Å². The van der Waals surface area contributed by atoms with Crippen LogP contribution in [0, 0.1) is 0 Å². The number of thiophene rings is 1. The van der Waals surface area contributed by atoms with Crippen molar-refractivity contribution in [1.82, 2.24) is 19.4 Å². The van der Waals surface area contributed by atoms with Crippen molar-refractivity contribution in [3.05, 3.63) is 76.5 Å². The van der Waals surface area contributed by atoms with Gasteiger partial charge in [0, 0.05) is 30.9 Å². The van der Waals surface area contributed by atoms with E-state index in [1.807, 2.05) is 67.7 Å². The number of nitrogens with zero attached hydrogens (tertiary/aromatic N) is 4. The van der Waals surface area contributed by atoms with Crippen molar-refractivity contribution in [3.63, 3.8) is 0 Å². The molecule has 0 aromatic carbocycles. The molecule has 5 rings (SSSR count). The number of carbonyl (C=O) groups is 2. The average Bonchev–Trinajstić information content (AvgIpc) is 3.45. The Morgan fingerprint density at radius 2 is 2.04 bits per heavy atom. The zero-order valence-corrected chi connectivity index (χ0v) is 15.4. The van der Waals surface area contributed by atoms with Gasteiger partial charge in [0.2, 0.25) is 0 Å². The van der Waals surface area contributed by atoms with Gasteiger partial charge in [-0.25, -0.2) is 0 Å². The molecule has 1 fully saturated rings. The Hall–Kier alpha value is -2.93. The fourth-order valence-corrected chi connectivity index (χ4v) is 4.73. The second-order valence-corrected chi connectivity index (χ2v) is 7.69. The largest absolute Gasteiger partial charge is 0.337 e. The van der Waals surface area contributed by atoms with Gasteiger partial charge < -0.3 is 14.4 Å². The van der Waals surface area contributed by atoms with Gasteiger partial charge in [0.25, 0.3) is 11.8 Å². The smallest absolute Gasteiger partial charge is 0.271 e. The lowest BCUT2D eigenvalue weighted by Crippen LogP contribution is -2.50. The molecule has 2 amide bonds. The predicted molar refractivity (Wildman–Crippen MR) is 102 cm³/mol. The quantitative estimate of drug-likeness (QED) is 0.704. The Morgan fingerprint density at radius 3 is 2.81 bits per heavy atom. The third-order valence-electron chi connectivity index (χ3n) is 5.39. The molecule has 7 heteroatoms. The summed E-state index contributed by atoms with van der Waals surface area (Å²) >= 11 is 1.52. The number of amides is 2. The third kappa shape index (κ3) is 2.66. The van der Waals surface area contributed by atoms with Crippen LogP contribution < -0.4 is 0 Å². The van der Waals surface area contributed by atoms with E-state index < -0.39 is 0 Å². The first kappa shape index (κ1) is 16.3. The summed E-state index contributed by atoms with van der Waals surface area (Å²) in [5, 5.41) is 3.79. The summed E-state index contributed by atoms with van der Waals surface area (Å²) in [6, 6.07) is 11.3. The Bertz CT molecular complexity index is 983. The van der Waals surface area contributed by atoms with Crippen LogP contribution in [-0.2, 0) is 6.54 Å². The molecule has 27 heavy (non-hydrogen) atoms. The van der Waals surface area contributed by atoms with Crippen LogP contribution >= 0.6 is 11.3 Å². The Morgan fingerprint density at radius 1 is 1.15 bits per heavy atom. The van der Waals surface area contributed by atoms with Crippen molar-refractivity contribution in [2.75, 3.05) is 13.1 Å². The zero-order valence-electron chi connectivity index (χ0n) is 14.6. The Kier molecular flexibility index (Phi) is 3.82. The van der Waals surface area contributed by atoms with Crippen LogP contribution in [0.5, 0.6) is 0 Å². The number of pyridine rings is 1. The number of hydrogen-bond acceptors (Lipinski definition) is 4. The first-order valence-electron chi connectivity index (χ1n) is 8.91. The van der Waals surface area contributed by atoms with Crippen LogP contribution in [0.2, 0.25) is 0 Å². The highest BCUT2D eigenvalue weighted by Gasteiger charge is 2.46. The lowest BCUT2D eigenvalue weighted by Gasteiger charge is -2.37. The van der Waals surface area contributed by atoms with Crippen molar-refractivity contribution in [3.8, 4) is 0 Å². The van der Waals surface area contributed by atoms with E-state index in [9.17, 15) is 9.59 Å². The van der Waals surface area contributed by atoms with E-state index in [1.54, 1.807) is 6.20 Å². The van der Waals surface area contributed by atoms with E-state index in [1.165, 1.54) is 11.3 Å². The van der Waals surface area contributed by atoms with Crippen molar-refractivity contribution < 1.29 is 9.59 Å². The second-order valence-electron chi connectivity index (χ2n) is 6.91. The molecule has 0 unspecified atom stereocenters. The molecule has 1 saturated heterocycles. The van der Waals surface area contributed by atoms with E-state index in [0.29, 0.717) is 30.9 Å². The summed E-state index contributed by atoms with van der Waals surface area (Å²) in [6.45, 7) is 1.59. The van der Waals surface area contributed by atoms with Gasteiger partial charge in [-0.2, -0.15) is 11.3 Å². The normalized spacial score (nSPS) is 21.3. The van der Waals surface area contributed by atoms with Gasteiger partial charge in [0.1, 0.15) is 5.69 Å². The van der Waals surface area contributed by atoms with Gasteiger partial charge in [-0.15, -0.1) is 0 Å². The van der Waals surface area contributed by atoms with Crippen molar-refractivity contribution in [2.24, 2.45) is 0 Å². The molecule has 6 nitrogen and oxygen atoms in total. The molecule has 0 bridgehead atoms. The summed E-state index contributed by atoms with van der Waals surface area (Å²) in [5.74, 6) is 0.0290. The molecule has 0 saturated carbocycles. The molecule has 136 valence electrons. The number of likely N-dealkylation sites (tertiary alicyclic amines) is 1. The number of rotatable bonds is 3. The lowest BCUT2D eigenvalue weighted by molar-refractivity contribution is 0.0547. The highest BCUT2D eigenvalue weighted by molar-refractivity contribution is 7.08. The standard InChI is InChI=1S/C20H18N4O2S/c25-19(14-6-9-27-13-14)22-11-17-18(12-22)24(10-15-4-1-2-7-21-15)20(26)16-5-3-8-23(16)17/h1-9,13,17-18H,10-12H2/t17-,18+/m0/s1. The predicted octanol–water partition coefficient (Wildman–Crippen LogP) is 2.67. The van der Waals surface area contributed by atoms with Gasteiger partial charge in [0.05, 0.1) is 29.9 Å². The maximum absolute atomic E-state index is 13.1. The maximum atomic E-state index is 13.1. The molecule has 3 aromatic rings. The van der Waals surface area contributed by atoms with Crippen molar-refractivity contribution in [2.45, 2.75) is 18.6 Å². The van der Waals surface area contributed by atoms with Crippen LogP contribution in [0.15, 0.2) is 59.6 Å². The molecule has 2 aliphatic rings. The molecule has 0 aliphatic carbocycles. The average molecular weight is 378 g/mol. The summed E-state index contributed by atoms with van der Waals surface area (Å²) in [6.07, 6.45) is 3.69. The summed E-state index contributed by atoms with van der Waals surface area (Å²) in [7, 11) is 0. The van der Waals surface area contributed by atoms with Gasteiger partial charge in [-0.3, -0.25) is 14.6 Å². The van der Waals surface area contributed by atoms with Crippen LogP contribution in [-0.4, -0.2) is 50.3 Å². The minimum absolute atomic E-state index is 0.00302. The van der Waals surface area contributed by atoms with Gasteiger partial charge >= 0.3 is 0 Å². The molecule has 2 atom stereocenters. The van der Waals surface area contributed by atoms with Crippen molar-refractivity contribution >= 4 is 23.2 Å².